The third-order valence-corrected chi connectivity index (χ3v) is 4.52. The van der Waals surface area contributed by atoms with Crippen molar-refractivity contribution in [1.29, 1.82) is 0 Å². The van der Waals surface area contributed by atoms with E-state index in [1.54, 1.807) is 0 Å². The average Bonchev–Trinajstić information content (AvgIpc) is 2.17. The van der Waals surface area contributed by atoms with E-state index >= 15 is 0 Å². The molecule has 0 aromatic rings. The smallest absolute Gasteiger partial charge is 0.0946 e. The molecule has 1 aliphatic heterocycles. The lowest BCUT2D eigenvalue weighted by Gasteiger charge is -2.04. The van der Waals surface area contributed by atoms with Gasteiger partial charge in [0.25, 0.3) is 0 Å². The first-order valence-corrected chi connectivity index (χ1v) is 5.25. The monoisotopic (exact) mass is 130 g/mol. The van der Waals surface area contributed by atoms with E-state index < -0.39 is 7.14 Å². The largest absolute Gasteiger partial charge is 0.323 e. The number of hydrogen-bond donors (Lipinski definition) is 0. The molecule has 0 amide bonds. The zero-order valence-corrected chi connectivity index (χ0v) is 6.03. The van der Waals surface area contributed by atoms with Crippen molar-refractivity contribution in [2.75, 3.05) is 18.5 Å². The highest BCUT2D eigenvalue weighted by Gasteiger charge is 2.19. The molecule has 1 nitrogen and oxygen atoms in total. The van der Waals surface area contributed by atoms with Crippen LogP contribution in [0.1, 0.15) is 6.92 Å². The van der Waals surface area contributed by atoms with Crippen molar-refractivity contribution < 1.29 is 4.57 Å². The van der Waals surface area contributed by atoms with Crippen LogP contribution in [0.3, 0.4) is 0 Å². The van der Waals surface area contributed by atoms with Crippen LogP contribution in [-0.2, 0) is 4.57 Å². The highest BCUT2D eigenvalue weighted by molar-refractivity contribution is 7.64. The average molecular weight is 130 g/mol. The summed E-state index contributed by atoms with van der Waals surface area (Å²) in [6.45, 7) is 2.01. The van der Waals surface area contributed by atoms with Crippen molar-refractivity contribution in [1.82, 2.24) is 0 Å². The van der Waals surface area contributed by atoms with E-state index in [4.69, 9.17) is 0 Å². The lowest BCUT2D eigenvalue weighted by atomic mass is 10.6. The van der Waals surface area contributed by atoms with Crippen molar-refractivity contribution in [2.45, 2.75) is 6.92 Å². The Kier molecular flexibility index (Phi) is 1.57. The van der Waals surface area contributed by atoms with Gasteiger partial charge in [0.15, 0.2) is 0 Å². The van der Waals surface area contributed by atoms with E-state index in [-0.39, 0.29) is 0 Å². The van der Waals surface area contributed by atoms with Gasteiger partial charge in [-0.1, -0.05) is 19.1 Å². The Morgan fingerprint density at radius 1 is 1.50 bits per heavy atom. The number of rotatable bonds is 1. The highest BCUT2D eigenvalue weighted by atomic mass is 31.2. The fourth-order valence-corrected chi connectivity index (χ4v) is 2.60. The molecular formula is C6H11OP. The van der Waals surface area contributed by atoms with Crippen LogP contribution >= 0.6 is 7.14 Å². The van der Waals surface area contributed by atoms with Gasteiger partial charge in [0.05, 0.1) is 7.14 Å². The third-order valence-electron chi connectivity index (χ3n) is 1.62. The molecule has 46 valence electrons. The molecule has 2 heteroatoms. The molecule has 0 bridgehead atoms. The quantitative estimate of drug-likeness (QED) is 0.391. The Morgan fingerprint density at radius 2 is 2.00 bits per heavy atom. The standard InChI is InChI=1S/C6H11OP/c1-2-8(7)5-3-4-6-8/h3-4H,2,5-6H2,1H3. The second-order valence-electron chi connectivity index (χ2n) is 2.21. The molecule has 0 atom stereocenters. The Labute approximate surface area is 50.2 Å². The molecule has 0 aliphatic carbocycles. The van der Waals surface area contributed by atoms with Crippen LogP contribution in [0.5, 0.6) is 0 Å². The summed E-state index contributed by atoms with van der Waals surface area (Å²) in [5.41, 5.74) is 0. The minimum Gasteiger partial charge on any atom is -0.323 e. The van der Waals surface area contributed by atoms with E-state index in [0.717, 1.165) is 18.5 Å². The maximum Gasteiger partial charge on any atom is 0.0946 e. The predicted molar refractivity (Wildman–Crippen MR) is 37.0 cm³/mol. The first kappa shape index (κ1) is 6.10. The van der Waals surface area contributed by atoms with Crippen LogP contribution in [0.25, 0.3) is 0 Å². The zero-order valence-electron chi connectivity index (χ0n) is 5.13. The molecule has 0 spiro atoms. The van der Waals surface area contributed by atoms with Crippen LogP contribution in [0.2, 0.25) is 0 Å². The minimum atomic E-state index is -1.66. The fraction of sp³-hybridized carbons (Fsp3) is 0.667. The lowest BCUT2D eigenvalue weighted by molar-refractivity contribution is 0.580. The molecule has 0 N–H and O–H groups in total. The lowest BCUT2D eigenvalue weighted by Crippen LogP contribution is -1.85. The normalized spacial score (nSPS) is 24.1. The van der Waals surface area contributed by atoms with Crippen molar-refractivity contribution in [3.8, 4) is 0 Å². The molecule has 0 saturated carbocycles. The Hall–Kier alpha value is -0.0300. The Morgan fingerprint density at radius 3 is 2.25 bits per heavy atom. The first-order chi connectivity index (χ1) is 3.77. The summed E-state index contributed by atoms with van der Waals surface area (Å²) < 4.78 is 11.3. The Bertz CT molecular complexity index is 137. The van der Waals surface area contributed by atoms with Gasteiger partial charge < -0.3 is 4.57 Å². The van der Waals surface area contributed by atoms with Gasteiger partial charge in [-0.25, -0.2) is 0 Å². The molecule has 0 saturated heterocycles. The van der Waals surface area contributed by atoms with Gasteiger partial charge in [0.2, 0.25) is 0 Å². The van der Waals surface area contributed by atoms with E-state index in [1.165, 1.54) is 0 Å². The Balaban J connectivity index is 2.60. The van der Waals surface area contributed by atoms with Gasteiger partial charge in [-0.2, -0.15) is 0 Å². The molecule has 0 aromatic heterocycles. The van der Waals surface area contributed by atoms with E-state index in [9.17, 15) is 4.57 Å². The maximum atomic E-state index is 11.3. The predicted octanol–water partition coefficient (Wildman–Crippen LogP) is 1.94. The molecular weight excluding hydrogens is 119 g/mol. The van der Waals surface area contributed by atoms with Gasteiger partial charge in [-0.15, -0.1) is 0 Å². The summed E-state index contributed by atoms with van der Waals surface area (Å²) >= 11 is 0. The summed E-state index contributed by atoms with van der Waals surface area (Å²) in [5.74, 6) is 0. The second-order valence-corrected chi connectivity index (χ2v) is 5.69. The molecule has 8 heavy (non-hydrogen) atoms. The van der Waals surface area contributed by atoms with Crippen molar-refractivity contribution >= 4 is 7.14 Å². The summed E-state index contributed by atoms with van der Waals surface area (Å²) in [5, 5.41) is 0. The van der Waals surface area contributed by atoms with Crippen LogP contribution in [0.15, 0.2) is 12.2 Å². The first-order valence-electron chi connectivity index (χ1n) is 2.99. The summed E-state index contributed by atoms with van der Waals surface area (Å²) in [6, 6.07) is 0. The number of allylic oxidation sites excluding steroid dienone is 2. The molecule has 1 heterocycles. The van der Waals surface area contributed by atoms with Gasteiger partial charge in [0.1, 0.15) is 0 Å². The molecule has 0 radical (unpaired) electrons. The van der Waals surface area contributed by atoms with Crippen molar-refractivity contribution in [3.63, 3.8) is 0 Å². The van der Waals surface area contributed by atoms with Crippen molar-refractivity contribution in [2.24, 2.45) is 0 Å². The molecule has 0 fully saturated rings. The van der Waals surface area contributed by atoms with E-state index in [0.29, 0.717) is 0 Å². The van der Waals surface area contributed by atoms with Crippen molar-refractivity contribution in [3.05, 3.63) is 12.2 Å². The zero-order chi connectivity index (χ0) is 6.04. The minimum absolute atomic E-state index is 0.851. The highest BCUT2D eigenvalue weighted by Crippen LogP contribution is 2.48. The van der Waals surface area contributed by atoms with Gasteiger partial charge in [-0.05, 0) is 6.16 Å². The molecule has 0 aromatic carbocycles. The summed E-state index contributed by atoms with van der Waals surface area (Å²) in [4.78, 5) is 0. The van der Waals surface area contributed by atoms with Crippen LogP contribution in [0.4, 0.5) is 0 Å². The van der Waals surface area contributed by atoms with E-state index in [1.807, 2.05) is 19.1 Å². The molecule has 0 unspecified atom stereocenters. The topological polar surface area (TPSA) is 17.1 Å². The third kappa shape index (κ3) is 1.03. The van der Waals surface area contributed by atoms with Crippen LogP contribution in [-0.4, -0.2) is 18.5 Å². The van der Waals surface area contributed by atoms with E-state index in [2.05, 4.69) is 0 Å². The summed E-state index contributed by atoms with van der Waals surface area (Å²) in [7, 11) is -1.66. The van der Waals surface area contributed by atoms with Gasteiger partial charge in [-0.3, -0.25) is 0 Å². The van der Waals surface area contributed by atoms with Gasteiger partial charge in [0, 0.05) is 12.3 Å². The molecule has 1 rings (SSSR count). The fourth-order valence-electron chi connectivity index (χ4n) is 0.866. The number of hydrogen-bond acceptors (Lipinski definition) is 1. The van der Waals surface area contributed by atoms with Crippen LogP contribution in [0, 0.1) is 0 Å². The molecule has 1 aliphatic rings. The summed E-state index contributed by atoms with van der Waals surface area (Å²) in [6.07, 6.45) is 6.64. The second kappa shape index (κ2) is 2.06. The maximum absolute atomic E-state index is 11.3. The van der Waals surface area contributed by atoms with Crippen LogP contribution < -0.4 is 0 Å². The van der Waals surface area contributed by atoms with Gasteiger partial charge >= 0.3 is 0 Å². The SMILES string of the molecule is CCP1(=O)CC=CC1.